The molecule has 0 unspecified atom stereocenters. The van der Waals surface area contributed by atoms with Crippen LogP contribution in [0.5, 0.6) is 0 Å². The number of nitrogens with one attached hydrogen (secondary N) is 1. The first-order valence-electron chi connectivity index (χ1n) is 8.95. The number of carbonyl (C=O) groups excluding carboxylic acids is 1. The Morgan fingerprint density at radius 3 is 2.52 bits per heavy atom. The molecule has 0 saturated heterocycles. The summed E-state index contributed by atoms with van der Waals surface area (Å²) in [4.78, 5) is 19.4. The van der Waals surface area contributed by atoms with Crippen LogP contribution in [-0.4, -0.2) is 24.0 Å². The summed E-state index contributed by atoms with van der Waals surface area (Å²) in [6.45, 7) is 6.00. The summed E-state index contributed by atoms with van der Waals surface area (Å²) in [5.74, 6) is -0.136. The molecule has 1 aliphatic rings. The Morgan fingerprint density at radius 2 is 1.81 bits per heavy atom. The van der Waals surface area contributed by atoms with Gasteiger partial charge in [0.15, 0.2) is 5.13 Å². The summed E-state index contributed by atoms with van der Waals surface area (Å²) in [6.07, 6.45) is 4.30. The standard InChI is InChI=1S/C22H21N3OS/c1-15-5-10-19(16(2)13-15)20-14-27-22(23-20)24-21(26)17-6-8-18(9-7-17)25-11-3-4-12-25/h3-10,13-14H,11-12H2,1-2H3,(H,23,24,26). The van der Waals surface area contributed by atoms with Gasteiger partial charge in [0.05, 0.1) is 5.69 Å². The highest BCUT2D eigenvalue weighted by atomic mass is 32.1. The minimum Gasteiger partial charge on any atom is -0.364 e. The Kier molecular flexibility index (Phi) is 4.77. The number of hydrogen-bond acceptors (Lipinski definition) is 4. The lowest BCUT2D eigenvalue weighted by molar-refractivity contribution is 0.102. The van der Waals surface area contributed by atoms with Gasteiger partial charge >= 0.3 is 0 Å². The third kappa shape index (κ3) is 3.78. The van der Waals surface area contributed by atoms with Crippen LogP contribution < -0.4 is 10.2 Å². The lowest BCUT2D eigenvalue weighted by Crippen LogP contribution is -2.18. The molecule has 136 valence electrons. The van der Waals surface area contributed by atoms with E-state index < -0.39 is 0 Å². The molecule has 0 radical (unpaired) electrons. The highest BCUT2D eigenvalue weighted by molar-refractivity contribution is 7.14. The second-order valence-electron chi connectivity index (χ2n) is 6.73. The van der Waals surface area contributed by atoms with E-state index in [2.05, 4.69) is 59.4 Å². The molecule has 0 atom stereocenters. The monoisotopic (exact) mass is 375 g/mol. The molecule has 27 heavy (non-hydrogen) atoms. The van der Waals surface area contributed by atoms with Crippen molar-refractivity contribution in [2.45, 2.75) is 13.8 Å². The first-order chi connectivity index (χ1) is 13.1. The van der Waals surface area contributed by atoms with Gasteiger partial charge < -0.3 is 4.90 Å². The zero-order chi connectivity index (χ0) is 18.8. The predicted molar refractivity (Wildman–Crippen MR) is 113 cm³/mol. The van der Waals surface area contributed by atoms with Gasteiger partial charge in [-0.15, -0.1) is 11.3 Å². The van der Waals surface area contributed by atoms with Crippen molar-refractivity contribution < 1.29 is 4.79 Å². The first-order valence-corrected chi connectivity index (χ1v) is 9.82. The van der Waals surface area contributed by atoms with Crippen molar-refractivity contribution in [3.8, 4) is 11.3 Å². The fourth-order valence-electron chi connectivity index (χ4n) is 3.24. The average Bonchev–Trinajstić information content (AvgIpc) is 3.34. The Labute approximate surface area is 163 Å². The summed E-state index contributed by atoms with van der Waals surface area (Å²) in [7, 11) is 0. The normalized spacial score (nSPS) is 13.2. The number of benzene rings is 2. The van der Waals surface area contributed by atoms with Crippen LogP contribution in [0.4, 0.5) is 10.8 Å². The van der Waals surface area contributed by atoms with Crippen molar-refractivity contribution in [2.24, 2.45) is 0 Å². The van der Waals surface area contributed by atoms with Crippen LogP contribution in [0.3, 0.4) is 0 Å². The van der Waals surface area contributed by atoms with Gasteiger partial charge in [-0.3, -0.25) is 10.1 Å². The van der Waals surface area contributed by atoms with Crippen LogP contribution in [-0.2, 0) is 0 Å². The van der Waals surface area contributed by atoms with Gasteiger partial charge in [-0.05, 0) is 43.7 Å². The highest BCUT2D eigenvalue weighted by Gasteiger charge is 2.13. The fourth-order valence-corrected chi connectivity index (χ4v) is 3.94. The maximum Gasteiger partial charge on any atom is 0.257 e. The fraction of sp³-hybridized carbons (Fsp3) is 0.182. The van der Waals surface area contributed by atoms with E-state index in [-0.39, 0.29) is 5.91 Å². The van der Waals surface area contributed by atoms with E-state index in [4.69, 9.17) is 0 Å². The predicted octanol–water partition coefficient (Wildman–Crippen LogP) is 5.06. The topological polar surface area (TPSA) is 45.2 Å². The molecule has 1 N–H and O–H groups in total. The number of thiazole rings is 1. The SMILES string of the molecule is Cc1ccc(-c2csc(NC(=O)c3ccc(N4CC=CC4)cc3)n2)c(C)c1. The van der Waals surface area contributed by atoms with E-state index in [1.165, 1.54) is 22.5 Å². The third-order valence-corrected chi connectivity index (χ3v) is 5.45. The van der Waals surface area contributed by atoms with Gasteiger partial charge in [0, 0.05) is 35.3 Å². The van der Waals surface area contributed by atoms with Crippen molar-refractivity contribution in [3.63, 3.8) is 0 Å². The average molecular weight is 375 g/mol. The minimum absolute atomic E-state index is 0.136. The molecule has 5 heteroatoms. The van der Waals surface area contributed by atoms with E-state index in [1.807, 2.05) is 29.6 Å². The molecule has 1 aromatic heterocycles. The summed E-state index contributed by atoms with van der Waals surface area (Å²) in [6, 6.07) is 14.0. The van der Waals surface area contributed by atoms with Crippen molar-refractivity contribution in [1.82, 2.24) is 4.98 Å². The van der Waals surface area contributed by atoms with Crippen LogP contribution in [0, 0.1) is 13.8 Å². The molecule has 1 amide bonds. The molecule has 0 bridgehead atoms. The van der Waals surface area contributed by atoms with E-state index in [1.54, 1.807) is 0 Å². The highest BCUT2D eigenvalue weighted by Crippen LogP contribution is 2.28. The molecular weight excluding hydrogens is 354 g/mol. The number of aromatic nitrogens is 1. The summed E-state index contributed by atoms with van der Waals surface area (Å²) >= 11 is 1.44. The van der Waals surface area contributed by atoms with Crippen molar-refractivity contribution in [2.75, 3.05) is 23.3 Å². The molecule has 2 heterocycles. The summed E-state index contributed by atoms with van der Waals surface area (Å²) in [5, 5.41) is 5.51. The largest absolute Gasteiger partial charge is 0.364 e. The summed E-state index contributed by atoms with van der Waals surface area (Å²) < 4.78 is 0. The molecule has 4 nitrogen and oxygen atoms in total. The van der Waals surface area contributed by atoms with Crippen molar-refractivity contribution in [3.05, 3.63) is 76.7 Å². The zero-order valence-electron chi connectivity index (χ0n) is 15.4. The second kappa shape index (κ2) is 7.37. The lowest BCUT2D eigenvalue weighted by atomic mass is 10.0. The number of anilines is 2. The van der Waals surface area contributed by atoms with Crippen LogP contribution in [0.15, 0.2) is 60.0 Å². The Balaban J connectivity index is 1.46. The molecule has 3 aromatic rings. The molecule has 0 aliphatic carbocycles. The molecule has 2 aromatic carbocycles. The summed E-state index contributed by atoms with van der Waals surface area (Å²) in [5.41, 5.74) is 6.17. The van der Waals surface area contributed by atoms with Gasteiger partial charge in [0.1, 0.15) is 0 Å². The van der Waals surface area contributed by atoms with Gasteiger partial charge in [-0.1, -0.05) is 35.9 Å². The number of nitrogens with zero attached hydrogens (tertiary/aromatic N) is 2. The van der Waals surface area contributed by atoms with Crippen LogP contribution in [0.1, 0.15) is 21.5 Å². The number of amides is 1. The first kappa shape index (κ1) is 17.5. The van der Waals surface area contributed by atoms with E-state index in [9.17, 15) is 4.79 Å². The Morgan fingerprint density at radius 1 is 1.07 bits per heavy atom. The van der Waals surface area contributed by atoms with E-state index in [0.717, 1.165) is 30.0 Å². The second-order valence-corrected chi connectivity index (χ2v) is 7.59. The van der Waals surface area contributed by atoms with Crippen LogP contribution in [0.2, 0.25) is 0 Å². The van der Waals surface area contributed by atoms with Crippen LogP contribution >= 0.6 is 11.3 Å². The Hall–Kier alpha value is -2.92. The Bertz CT molecular complexity index is 997. The lowest BCUT2D eigenvalue weighted by Gasteiger charge is -2.17. The molecule has 0 fully saturated rings. The molecular formula is C22H21N3OS. The maximum absolute atomic E-state index is 12.5. The number of carbonyl (C=O) groups is 1. The third-order valence-electron chi connectivity index (χ3n) is 4.70. The maximum atomic E-state index is 12.5. The van der Waals surface area contributed by atoms with Gasteiger partial charge in [0.2, 0.25) is 0 Å². The van der Waals surface area contributed by atoms with Crippen molar-refractivity contribution >= 4 is 28.1 Å². The quantitative estimate of drug-likeness (QED) is 0.649. The molecule has 4 rings (SSSR count). The van der Waals surface area contributed by atoms with Gasteiger partial charge in [-0.25, -0.2) is 4.98 Å². The van der Waals surface area contributed by atoms with Crippen molar-refractivity contribution in [1.29, 1.82) is 0 Å². The molecule has 0 saturated carbocycles. The van der Waals surface area contributed by atoms with E-state index >= 15 is 0 Å². The molecule has 0 spiro atoms. The molecule has 1 aliphatic heterocycles. The number of aryl methyl sites for hydroxylation is 2. The van der Waals surface area contributed by atoms with Gasteiger partial charge in [-0.2, -0.15) is 0 Å². The van der Waals surface area contributed by atoms with Crippen LogP contribution in [0.25, 0.3) is 11.3 Å². The minimum atomic E-state index is -0.136. The zero-order valence-corrected chi connectivity index (χ0v) is 16.2. The smallest absolute Gasteiger partial charge is 0.257 e. The number of rotatable bonds is 4. The number of hydrogen-bond donors (Lipinski definition) is 1. The van der Waals surface area contributed by atoms with E-state index in [0.29, 0.717) is 10.7 Å². The van der Waals surface area contributed by atoms with Gasteiger partial charge in [0.25, 0.3) is 5.91 Å².